The molecule has 0 spiro atoms. The van der Waals surface area contributed by atoms with Gasteiger partial charge < -0.3 is 10.6 Å². The van der Waals surface area contributed by atoms with Gasteiger partial charge >= 0.3 is 0 Å². The molecule has 0 saturated carbocycles. The Balaban J connectivity index is 2.03. The first kappa shape index (κ1) is 9.11. The molecular formula is C9H13N5S. The smallest absolute Gasteiger partial charge is 0.241 e. The molecule has 0 aliphatic carbocycles. The number of fused-ring (bicyclic) bond motifs is 1. The summed E-state index contributed by atoms with van der Waals surface area (Å²) >= 11 is 1.61. The Morgan fingerprint density at radius 1 is 1.60 bits per heavy atom. The number of rotatable bonds is 1. The molecule has 80 valence electrons. The van der Waals surface area contributed by atoms with E-state index in [9.17, 15) is 0 Å². The Morgan fingerprint density at radius 3 is 3.20 bits per heavy atom. The van der Waals surface area contributed by atoms with Gasteiger partial charge in [0.15, 0.2) is 0 Å². The van der Waals surface area contributed by atoms with E-state index < -0.39 is 0 Å². The first-order chi connectivity index (χ1) is 7.24. The van der Waals surface area contributed by atoms with E-state index in [0.717, 1.165) is 18.1 Å². The number of thiazole rings is 1. The van der Waals surface area contributed by atoms with Gasteiger partial charge in [-0.05, 0) is 20.0 Å². The molecule has 1 atom stereocenters. The zero-order valence-corrected chi connectivity index (χ0v) is 9.37. The topological polar surface area (TPSA) is 59.5 Å². The van der Waals surface area contributed by atoms with E-state index in [4.69, 9.17) is 5.73 Å². The lowest BCUT2D eigenvalue weighted by Crippen LogP contribution is -2.14. The minimum atomic E-state index is 0.370. The predicted octanol–water partition coefficient (Wildman–Crippen LogP) is 0.792. The number of aromatic nitrogens is 3. The molecule has 6 heteroatoms. The summed E-state index contributed by atoms with van der Waals surface area (Å²) in [7, 11) is 2.15. The average Bonchev–Trinajstić information content (AvgIpc) is 2.80. The Bertz CT molecular complexity index is 488. The van der Waals surface area contributed by atoms with Gasteiger partial charge in [-0.3, -0.25) is 0 Å². The maximum Gasteiger partial charge on any atom is 0.241 e. The molecule has 5 nitrogen and oxygen atoms in total. The van der Waals surface area contributed by atoms with Crippen molar-refractivity contribution in [2.24, 2.45) is 0 Å². The SMILES string of the molecule is CN1CCC(c2csc3nc(N)nn23)C1. The monoisotopic (exact) mass is 223 g/mol. The second-order valence-corrected chi connectivity index (χ2v) is 4.91. The second-order valence-electron chi connectivity index (χ2n) is 4.07. The molecule has 0 bridgehead atoms. The van der Waals surface area contributed by atoms with Crippen LogP contribution in [0.25, 0.3) is 4.96 Å². The van der Waals surface area contributed by atoms with E-state index in [0.29, 0.717) is 11.9 Å². The predicted molar refractivity (Wildman–Crippen MR) is 60.1 cm³/mol. The fraction of sp³-hybridized carbons (Fsp3) is 0.556. The van der Waals surface area contributed by atoms with E-state index in [2.05, 4.69) is 27.4 Å². The Labute approximate surface area is 91.5 Å². The van der Waals surface area contributed by atoms with Gasteiger partial charge in [-0.15, -0.1) is 16.4 Å². The quantitative estimate of drug-likeness (QED) is 0.776. The van der Waals surface area contributed by atoms with Crippen molar-refractivity contribution in [3.63, 3.8) is 0 Å². The fourth-order valence-corrected chi connectivity index (χ4v) is 3.08. The van der Waals surface area contributed by atoms with Crippen molar-refractivity contribution in [1.29, 1.82) is 0 Å². The van der Waals surface area contributed by atoms with E-state index in [-0.39, 0.29) is 0 Å². The van der Waals surface area contributed by atoms with Gasteiger partial charge in [-0.25, -0.2) is 4.52 Å². The van der Waals surface area contributed by atoms with Gasteiger partial charge in [-0.2, -0.15) is 4.98 Å². The number of likely N-dealkylation sites (N-methyl/N-ethyl adjacent to an activating group) is 1. The molecule has 2 N–H and O–H groups in total. The lowest BCUT2D eigenvalue weighted by atomic mass is 10.1. The van der Waals surface area contributed by atoms with E-state index in [1.54, 1.807) is 11.3 Å². The van der Waals surface area contributed by atoms with Gasteiger partial charge in [0.2, 0.25) is 10.9 Å². The third-order valence-electron chi connectivity index (χ3n) is 2.93. The van der Waals surface area contributed by atoms with Crippen LogP contribution >= 0.6 is 11.3 Å². The highest BCUT2D eigenvalue weighted by atomic mass is 32.1. The third kappa shape index (κ3) is 1.40. The number of hydrogen-bond acceptors (Lipinski definition) is 5. The number of likely N-dealkylation sites (tertiary alicyclic amines) is 1. The summed E-state index contributed by atoms with van der Waals surface area (Å²) in [4.78, 5) is 7.40. The molecule has 1 saturated heterocycles. The van der Waals surface area contributed by atoms with Crippen LogP contribution in [0, 0.1) is 0 Å². The van der Waals surface area contributed by atoms with Crippen LogP contribution in [0.3, 0.4) is 0 Å². The first-order valence-electron chi connectivity index (χ1n) is 5.02. The van der Waals surface area contributed by atoms with E-state index in [1.165, 1.54) is 12.1 Å². The maximum absolute atomic E-state index is 5.58. The summed E-state index contributed by atoms with van der Waals surface area (Å²) in [6, 6.07) is 0. The van der Waals surface area contributed by atoms with Gasteiger partial charge in [0.1, 0.15) is 0 Å². The van der Waals surface area contributed by atoms with Crippen LogP contribution in [0.1, 0.15) is 18.0 Å². The van der Waals surface area contributed by atoms with Gasteiger partial charge in [0, 0.05) is 17.8 Å². The van der Waals surface area contributed by atoms with Crippen LogP contribution in [0.2, 0.25) is 0 Å². The van der Waals surface area contributed by atoms with Crippen molar-refractivity contribution < 1.29 is 0 Å². The normalized spacial score (nSPS) is 22.9. The highest BCUT2D eigenvalue weighted by Gasteiger charge is 2.24. The van der Waals surface area contributed by atoms with Crippen LogP contribution in [-0.2, 0) is 0 Å². The molecule has 1 unspecified atom stereocenters. The third-order valence-corrected chi connectivity index (χ3v) is 3.77. The highest BCUT2D eigenvalue weighted by molar-refractivity contribution is 7.15. The lowest BCUT2D eigenvalue weighted by molar-refractivity contribution is 0.410. The summed E-state index contributed by atoms with van der Waals surface area (Å²) in [5.41, 5.74) is 6.84. The summed E-state index contributed by atoms with van der Waals surface area (Å²) in [6.07, 6.45) is 1.20. The standard InChI is InChI=1S/C9H13N5S/c1-13-3-2-6(4-13)7-5-15-9-11-8(10)12-14(7)9/h5-6H,2-4H2,1H3,(H2,10,12). The van der Waals surface area contributed by atoms with Crippen molar-refractivity contribution in [3.8, 4) is 0 Å². The molecule has 1 aliphatic rings. The Hall–Kier alpha value is -1.14. The molecule has 0 radical (unpaired) electrons. The maximum atomic E-state index is 5.58. The van der Waals surface area contributed by atoms with Crippen molar-refractivity contribution in [2.75, 3.05) is 25.9 Å². The average molecular weight is 223 g/mol. The van der Waals surface area contributed by atoms with Crippen LogP contribution < -0.4 is 5.73 Å². The molecule has 15 heavy (non-hydrogen) atoms. The van der Waals surface area contributed by atoms with E-state index in [1.807, 2.05) is 4.52 Å². The molecule has 2 aromatic heterocycles. The number of nitrogens with zero attached hydrogens (tertiary/aromatic N) is 4. The molecular weight excluding hydrogens is 210 g/mol. The molecule has 0 amide bonds. The summed E-state index contributed by atoms with van der Waals surface area (Å²) in [5, 5.41) is 6.37. The molecule has 3 rings (SSSR count). The number of anilines is 1. The minimum Gasteiger partial charge on any atom is -0.366 e. The van der Waals surface area contributed by atoms with Crippen LogP contribution in [0.5, 0.6) is 0 Å². The van der Waals surface area contributed by atoms with Gasteiger partial charge in [0.25, 0.3) is 0 Å². The Morgan fingerprint density at radius 2 is 2.47 bits per heavy atom. The van der Waals surface area contributed by atoms with Crippen molar-refractivity contribution in [3.05, 3.63) is 11.1 Å². The fourth-order valence-electron chi connectivity index (χ4n) is 2.17. The highest BCUT2D eigenvalue weighted by Crippen LogP contribution is 2.29. The van der Waals surface area contributed by atoms with Crippen molar-refractivity contribution >= 4 is 22.2 Å². The Kier molecular flexibility index (Phi) is 1.93. The van der Waals surface area contributed by atoms with Crippen molar-refractivity contribution in [2.45, 2.75) is 12.3 Å². The van der Waals surface area contributed by atoms with Crippen LogP contribution in [-0.4, -0.2) is 39.6 Å². The van der Waals surface area contributed by atoms with Crippen LogP contribution in [0.4, 0.5) is 5.95 Å². The van der Waals surface area contributed by atoms with Gasteiger partial charge in [0.05, 0.1) is 5.69 Å². The first-order valence-corrected chi connectivity index (χ1v) is 5.90. The second kappa shape index (κ2) is 3.18. The largest absolute Gasteiger partial charge is 0.366 e. The summed E-state index contributed by atoms with van der Waals surface area (Å²) in [6.45, 7) is 2.26. The summed E-state index contributed by atoms with van der Waals surface area (Å²) < 4.78 is 1.89. The number of nitrogen functional groups attached to an aromatic ring is 1. The number of hydrogen-bond donors (Lipinski definition) is 1. The van der Waals surface area contributed by atoms with E-state index >= 15 is 0 Å². The molecule has 1 aliphatic heterocycles. The minimum absolute atomic E-state index is 0.370. The molecule has 1 fully saturated rings. The number of nitrogens with two attached hydrogens (primary N) is 1. The van der Waals surface area contributed by atoms with Gasteiger partial charge in [-0.1, -0.05) is 0 Å². The molecule has 0 aromatic carbocycles. The zero-order valence-electron chi connectivity index (χ0n) is 8.55. The van der Waals surface area contributed by atoms with Crippen LogP contribution in [0.15, 0.2) is 5.38 Å². The molecule has 3 heterocycles. The summed E-state index contributed by atoms with van der Waals surface area (Å²) in [5.74, 6) is 0.944. The van der Waals surface area contributed by atoms with Crippen molar-refractivity contribution in [1.82, 2.24) is 19.5 Å². The zero-order chi connectivity index (χ0) is 10.4. The lowest BCUT2D eigenvalue weighted by Gasteiger charge is -2.08. The molecule has 2 aromatic rings.